The molecule has 0 bridgehead atoms. The Hall–Kier alpha value is -1.28. The first kappa shape index (κ1) is 15.1. The number of hydrogen-bond donors (Lipinski definition) is 2. The summed E-state index contributed by atoms with van der Waals surface area (Å²) in [6.07, 6.45) is 2.67. The molecule has 1 aromatic rings. The van der Waals surface area contributed by atoms with Crippen LogP contribution in [0.4, 0.5) is 18.9 Å². The molecule has 0 radical (unpaired) electrons. The van der Waals surface area contributed by atoms with Crippen molar-refractivity contribution < 1.29 is 21.6 Å². The lowest BCUT2D eigenvalue weighted by atomic mass is 10.1. The molecule has 8 heteroatoms. The molecule has 0 spiro atoms. The van der Waals surface area contributed by atoms with Gasteiger partial charge in [-0.1, -0.05) is 6.42 Å². The molecule has 2 rings (SSSR count). The molecule has 0 aromatic heterocycles. The molecule has 20 heavy (non-hydrogen) atoms. The highest BCUT2D eigenvalue weighted by Crippen LogP contribution is 2.19. The van der Waals surface area contributed by atoms with Crippen LogP contribution in [0.1, 0.15) is 19.3 Å². The van der Waals surface area contributed by atoms with Crippen molar-refractivity contribution in [1.29, 1.82) is 0 Å². The van der Waals surface area contributed by atoms with E-state index in [1.165, 1.54) is 0 Å². The molecule has 4 nitrogen and oxygen atoms in total. The summed E-state index contributed by atoms with van der Waals surface area (Å²) in [6, 6.07) is 1.05. The lowest BCUT2D eigenvalue weighted by molar-refractivity contribution is 0.424. The molecule has 2 N–H and O–H groups in total. The number of benzene rings is 1. The van der Waals surface area contributed by atoms with Gasteiger partial charge in [-0.2, -0.15) is 0 Å². The van der Waals surface area contributed by atoms with Crippen LogP contribution in [0.3, 0.4) is 0 Å². The predicted molar refractivity (Wildman–Crippen MR) is 69.4 cm³/mol. The van der Waals surface area contributed by atoms with Gasteiger partial charge in [0.2, 0.25) is 10.0 Å². The molecule has 112 valence electrons. The summed E-state index contributed by atoms with van der Waals surface area (Å²) >= 11 is 0. The number of nitrogens with one attached hydrogen (secondary N) is 2. The van der Waals surface area contributed by atoms with Crippen LogP contribution in [-0.2, 0) is 10.0 Å². The van der Waals surface area contributed by atoms with Gasteiger partial charge in [0.25, 0.3) is 0 Å². The first-order valence-corrected chi connectivity index (χ1v) is 7.91. The second kappa shape index (κ2) is 6.01. The van der Waals surface area contributed by atoms with E-state index in [2.05, 4.69) is 10.0 Å². The summed E-state index contributed by atoms with van der Waals surface area (Å²) in [7, 11) is -3.75. The van der Waals surface area contributed by atoms with Gasteiger partial charge in [-0.25, -0.2) is 21.6 Å². The van der Waals surface area contributed by atoms with Crippen molar-refractivity contribution in [2.75, 3.05) is 17.0 Å². The molecule has 1 fully saturated rings. The highest BCUT2D eigenvalue weighted by atomic mass is 32.2. The largest absolute Gasteiger partial charge is 0.313 e. The molecular formula is C12H15F3N2O2S. The summed E-state index contributed by atoms with van der Waals surface area (Å²) in [4.78, 5) is 0. The number of anilines is 1. The standard InChI is InChI=1S/C12H15F3N2O2S/c13-10-5-9(6-11(14)12(10)15)17-20(18,19)7-8-3-1-2-4-16-8/h5-6,8,16-17H,1-4,7H2. The van der Waals surface area contributed by atoms with E-state index in [1.54, 1.807) is 0 Å². The summed E-state index contributed by atoms with van der Waals surface area (Å²) < 4.78 is 64.6. The smallest absolute Gasteiger partial charge is 0.234 e. The Kier molecular flexibility index (Phi) is 4.54. The summed E-state index contributed by atoms with van der Waals surface area (Å²) in [5.41, 5.74) is -0.322. The summed E-state index contributed by atoms with van der Waals surface area (Å²) in [5.74, 6) is -4.67. The molecule has 1 aliphatic heterocycles. The van der Waals surface area contributed by atoms with Gasteiger partial charge in [-0.05, 0) is 19.4 Å². The minimum absolute atomic E-state index is 0.184. The second-order valence-electron chi connectivity index (χ2n) is 4.78. The van der Waals surface area contributed by atoms with E-state index >= 15 is 0 Å². The van der Waals surface area contributed by atoms with Crippen LogP contribution >= 0.6 is 0 Å². The Morgan fingerprint density at radius 2 is 1.85 bits per heavy atom. The van der Waals surface area contributed by atoms with Crippen LogP contribution in [0.2, 0.25) is 0 Å². The minimum Gasteiger partial charge on any atom is -0.313 e. The van der Waals surface area contributed by atoms with Gasteiger partial charge in [0.1, 0.15) is 0 Å². The number of hydrogen-bond acceptors (Lipinski definition) is 3. The van der Waals surface area contributed by atoms with E-state index in [4.69, 9.17) is 0 Å². The third-order valence-corrected chi connectivity index (χ3v) is 4.48. The Morgan fingerprint density at radius 3 is 2.40 bits per heavy atom. The van der Waals surface area contributed by atoms with Gasteiger partial charge in [0, 0.05) is 18.2 Å². The number of sulfonamides is 1. The lowest BCUT2D eigenvalue weighted by Crippen LogP contribution is -2.40. The van der Waals surface area contributed by atoms with E-state index in [-0.39, 0.29) is 17.5 Å². The Balaban J connectivity index is 2.07. The van der Waals surface area contributed by atoms with E-state index in [1.807, 2.05) is 0 Å². The second-order valence-corrected chi connectivity index (χ2v) is 6.55. The number of rotatable bonds is 4. The summed E-state index contributed by atoms with van der Waals surface area (Å²) in [5, 5.41) is 3.07. The van der Waals surface area contributed by atoms with Crippen LogP contribution in [0.5, 0.6) is 0 Å². The molecule has 1 aromatic carbocycles. The van der Waals surface area contributed by atoms with Gasteiger partial charge in [0.05, 0.1) is 11.4 Å². The average Bonchev–Trinajstić information content (AvgIpc) is 2.36. The van der Waals surface area contributed by atoms with Gasteiger partial charge >= 0.3 is 0 Å². The predicted octanol–water partition coefficient (Wildman–Crippen LogP) is 1.99. The molecule has 1 aliphatic rings. The van der Waals surface area contributed by atoms with Crippen LogP contribution in [-0.4, -0.2) is 26.8 Å². The highest BCUT2D eigenvalue weighted by molar-refractivity contribution is 7.92. The first-order valence-electron chi connectivity index (χ1n) is 6.26. The summed E-state index contributed by atoms with van der Waals surface area (Å²) in [6.45, 7) is 0.750. The molecule has 0 saturated carbocycles. The van der Waals surface area contributed by atoms with Gasteiger partial charge in [-0.15, -0.1) is 0 Å². The maximum Gasteiger partial charge on any atom is 0.234 e. The van der Waals surface area contributed by atoms with Crippen molar-refractivity contribution in [2.24, 2.45) is 0 Å². The third-order valence-electron chi connectivity index (χ3n) is 3.09. The molecule has 1 heterocycles. The molecular weight excluding hydrogens is 293 g/mol. The minimum atomic E-state index is -3.75. The fourth-order valence-corrected chi connectivity index (χ4v) is 3.54. The normalized spacial score (nSPS) is 19.9. The van der Waals surface area contributed by atoms with Crippen molar-refractivity contribution >= 4 is 15.7 Å². The quantitative estimate of drug-likeness (QED) is 0.836. The highest BCUT2D eigenvalue weighted by Gasteiger charge is 2.22. The van der Waals surface area contributed by atoms with E-state index in [9.17, 15) is 21.6 Å². The van der Waals surface area contributed by atoms with Crippen LogP contribution in [0, 0.1) is 17.5 Å². The Bertz CT molecular complexity index is 563. The zero-order valence-electron chi connectivity index (χ0n) is 10.6. The zero-order valence-corrected chi connectivity index (χ0v) is 11.4. The van der Waals surface area contributed by atoms with Gasteiger partial charge in [-0.3, -0.25) is 4.72 Å². The first-order chi connectivity index (χ1) is 9.37. The van der Waals surface area contributed by atoms with E-state index in [0.29, 0.717) is 12.1 Å². The number of piperidine rings is 1. The molecule has 1 unspecified atom stereocenters. The van der Waals surface area contributed by atoms with Crippen molar-refractivity contribution in [2.45, 2.75) is 25.3 Å². The van der Waals surface area contributed by atoms with Crippen LogP contribution in [0.25, 0.3) is 0 Å². The SMILES string of the molecule is O=S(=O)(CC1CCCCN1)Nc1cc(F)c(F)c(F)c1. The van der Waals surface area contributed by atoms with Crippen LogP contribution in [0.15, 0.2) is 12.1 Å². The maximum atomic E-state index is 13.0. The van der Waals surface area contributed by atoms with Crippen molar-refractivity contribution in [3.63, 3.8) is 0 Å². The topological polar surface area (TPSA) is 58.2 Å². The average molecular weight is 308 g/mol. The fourth-order valence-electron chi connectivity index (χ4n) is 2.17. The van der Waals surface area contributed by atoms with Crippen molar-refractivity contribution in [3.8, 4) is 0 Å². The Morgan fingerprint density at radius 1 is 1.20 bits per heavy atom. The van der Waals surface area contributed by atoms with Crippen molar-refractivity contribution in [1.82, 2.24) is 5.32 Å². The zero-order chi connectivity index (χ0) is 14.8. The maximum absolute atomic E-state index is 13.0. The lowest BCUT2D eigenvalue weighted by Gasteiger charge is -2.23. The molecule has 1 atom stereocenters. The fraction of sp³-hybridized carbons (Fsp3) is 0.500. The molecule has 1 saturated heterocycles. The molecule has 0 aliphatic carbocycles. The van der Waals surface area contributed by atoms with Crippen LogP contribution < -0.4 is 10.0 Å². The van der Waals surface area contributed by atoms with Gasteiger partial charge < -0.3 is 5.32 Å². The third kappa shape index (κ3) is 3.86. The van der Waals surface area contributed by atoms with E-state index in [0.717, 1.165) is 25.8 Å². The van der Waals surface area contributed by atoms with Gasteiger partial charge in [0.15, 0.2) is 17.5 Å². The Labute approximate surface area is 115 Å². The van der Waals surface area contributed by atoms with E-state index < -0.39 is 27.5 Å². The monoisotopic (exact) mass is 308 g/mol. The number of halogens is 3. The van der Waals surface area contributed by atoms with Crippen molar-refractivity contribution in [3.05, 3.63) is 29.6 Å². The molecule has 0 amide bonds.